The predicted molar refractivity (Wildman–Crippen MR) is 324 cm³/mol. The molecule has 0 bridgehead atoms. The minimum Gasteiger partial charge on any atom is -0.466 e. The van der Waals surface area contributed by atoms with Gasteiger partial charge in [0.25, 0.3) is 0 Å². The Morgan fingerprint density at radius 2 is 0.635 bits per heavy atom. The van der Waals surface area contributed by atoms with Gasteiger partial charge in [0.2, 0.25) is 5.91 Å². The van der Waals surface area contributed by atoms with Crippen LogP contribution in [0.2, 0.25) is 0 Å². The fourth-order valence-electron chi connectivity index (χ4n) is 10.9. The van der Waals surface area contributed by atoms with Crippen molar-refractivity contribution in [3.8, 4) is 0 Å². The number of aliphatic hydroxyl groups is 2. The molecule has 6 nitrogen and oxygen atoms in total. The van der Waals surface area contributed by atoms with Crippen LogP contribution in [0.25, 0.3) is 0 Å². The van der Waals surface area contributed by atoms with Gasteiger partial charge in [-0.15, -0.1) is 0 Å². The number of rotatable bonds is 64. The van der Waals surface area contributed by atoms with Gasteiger partial charge in [0, 0.05) is 12.8 Å². The summed E-state index contributed by atoms with van der Waals surface area (Å²) in [5, 5.41) is 23.4. The Kier molecular flexibility index (Phi) is 62.9. The quantitative estimate of drug-likeness (QED) is 0.0320. The smallest absolute Gasteiger partial charge is 0.305 e. The first-order chi connectivity index (χ1) is 36.5. The predicted octanol–water partition coefficient (Wildman–Crippen LogP) is 21.6. The molecule has 6 heteroatoms. The molecular weight excluding hydrogens is 911 g/mol. The Labute approximate surface area is 463 Å². The molecule has 3 N–H and O–H groups in total. The summed E-state index contributed by atoms with van der Waals surface area (Å²) in [6.07, 6.45) is 78.1. The van der Waals surface area contributed by atoms with E-state index < -0.39 is 12.1 Å². The zero-order chi connectivity index (χ0) is 53.6. The van der Waals surface area contributed by atoms with Crippen LogP contribution in [-0.2, 0) is 14.3 Å². The van der Waals surface area contributed by atoms with Gasteiger partial charge in [-0.25, -0.2) is 0 Å². The molecule has 2 atom stereocenters. The highest BCUT2D eigenvalue weighted by atomic mass is 16.5. The van der Waals surface area contributed by atoms with E-state index in [1.54, 1.807) is 0 Å². The third-order valence-electron chi connectivity index (χ3n) is 16.1. The Balaban J connectivity index is 3.38. The number of esters is 1. The lowest BCUT2D eigenvalue weighted by molar-refractivity contribution is -0.143. The third kappa shape index (κ3) is 59.8. The summed E-state index contributed by atoms with van der Waals surface area (Å²) in [7, 11) is 0. The molecule has 0 fully saturated rings. The van der Waals surface area contributed by atoms with Crippen LogP contribution in [0.1, 0.15) is 386 Å². The summed E-state index contributed by atoms with van der Waals surface area (Å²) in [6.45, 7) is 4.98. The Bertz CT molecular complexity index is 1110. The topological polar surface area (TPSA) is 95.9 Å². The highest BCUT2D eigenvalue weighted by molar-refractivity contribution is 5.76. The second-order valence-electron chi connectivity index (χ2n) is 23.5. The minimum atomic E-state index is -0.666. The molecule has 2 unspecified atom stereocenters. The minimum absolute atomic E-state index is 0.00994. The van der Waals surface area contributed by atoms with Crippen LogP contribution in [0.3, 0.4) is 0 Å². The number of carbonyl (C=O) groups excluding carboxylic acids is 2. The van der Waals surface area contributed by atoms with Crippen molar-refractivity contribution in [2.45, 2.75) is 398 Å². The number of amides is 1. The van der Waals surface area contributed by atoms with E-state index in [0.29, 0.717) is 25.9 Å². The zero-order valence-corrected chi connectivity index (χ0v) is 50.4. The van der Waals surface area contributed by atoms with Crippen LogP contribution in [0.5, 0.6) is 0 Å². The van der Waals surface area contributed by atoms with Gasteiger partial charge in [0.05, 0.1) is 25.4 Å². The van der Waals surface area contributed by atoms with Gasteiger partial charge in [0.15, 0.2) is 0 Å². The molecule has 0 aromatic rings. The summed E-state index contributed by atoms with van der Waals surface area (Å²) in [5.74, 6) is -0.0237. The lowest BCUT2D eigenvalue weighted by Crippen LogP contribution is -2.45. The average molecular weight is 1040 g/mol. The Morgan fingerprint density at radius 3 is 0.959 bits per heavy atom. The molecule has 0 saturated heterocycles. The highest BCUT2D eigenvalue weighted by Gasteiger charge is 2.20. The molecule has 0 aliphatic carbocycles. The van der Waals surface area contributed by atoms with Crippen molar-refractivity contribution in [2.75, 3.05) is 13.2 Å². The summed E-state index contributed by atoms with van der Waals surface area (Å²) >= 11 is 0. The van der Waals surface area contributed by atoms with Crippen molar-refractivity contribution in [1.82, 2.24) is 5.32 Å². The van der Waals surface area contributed by atoms with Crippen molar-refractivity contribution in [1.29, 1.82) is 0 Å². The normalized spacial score (nSPS) is 12.5. The first-order valence-electron chi connectivity index (χ1n) is 33.9. The molecule has 0 radical (unpaired) electrons. The summed E-state index contributed by atoms with van der Waals surface area (Å²) < 4.78 is 5.50. The van der Waals surface area contributed by atoms with Gasteiger partial charge in [-0.05, 0) is 51.4 Å². The number of ether oxygens (including phenoxy) is 1. The van der Waals surface area contributed by atoms with Crippen molar-refractivity contribution < 1.29 is 24.5 Å². The van der Waals surface area contributed by atoms with Crippen molar-refractivity contribution in [3.05, 3.63) is 12.2 Å². The van der Waals surface area contributed by atoms with Gasteiger partial charge in [0.1, 0.15) is 0 Å². The fraction of sp³-hybridized carbons (Fsp3) is 0.941. The molecule has 0 rings (SSSR count). The van der Waals surface area contributed by atoms with Gasteiger partial charge < -0.3 is 20.3 Å². The summed E-state index contributed by atoms with van der Waals surface area (Å²) in [5.41, 5.74) is 0. The van der Waals surface area contributed by atoms with Crippen LogP contribution in [0.15, 0.2) is 12.2 Å². The maximum Gasteiger partial charge on any atom is 0.305 e. The summed E-state index contributed by atoms with van der Waals surface area (Å²) in [4.78, 5) is 24.6. The van der Waals surface area contributed by atoms with E-state index in [-0.39, 0.29) is 18.5 Å². The monoisotopic (exact) mass is 1040 g/mol. The SMILES string of the molecule is CCCCCCCC/C=C\CCCCCCCCCCCC(=O)OCCCCCCCCCCCCCCCCCCCCCC(=O)NC(CO)C(O)CCCCCCCCCCCCCCCCCCCCC. The van der Waals surface area contributed by atoms with E-state index in [9.17, 15) is 19.8 Å². The molecule has 1 amide bonds. The maximum atomic E-state index is 12.5. The first-order valence-corrected chi connectivity index (χ1v) is 33.9. The first kappa shape index (κ1) is 72.6. The molecule has 0 heterocycles. The number of carbonyl (C=O) groups is 2. The van der Waals surface area contributed by atoms with Crippen LogP contribution in [-0.4, -0.2) is 47.4 Å². The van der Waals surface area contributed by atoms with E-state index in [4.69, 9.17) is 4.74 Å². The van der Waals surface area contributed by atoms with Crippen LogP contribution >= 0.6 is 0 Å². The molecule has 0 aromatic heterocycles. The highest BCUT2D eigenvalue weighted by Crippen LogP contribution is 2.19. The number of hydrogen-bond acceptors (Lipinski definition) is 5. The molecule has 74 heavy (non-hydrogen) atoms. The third-order valence-corrected chi connectivity index (χ3v) is 16.1. The lowest BCUT2D eigenvalue weighted by Gasteiger charge is -2.22. The van der Waals surface area contributed by atoms with Crippen molar-refractivity contribution in [3.63, 3.8) is 0 Å². The Hall–Kier alpha value is -1.40. The van der Waals surface area contributed by atoms with Crippen LogP contribution in [0.4, 0.5) is 0 Å². The van der Waals surface area contributed by atoms with Gasteiger partial charge in [-0.1, -0.05) is 334 Å². The van der Waals surface area contributed by atoms with E-state index in [2.05, 4.69) is 31.3 Å². The molecule has 0 spiro atoms. The molecule has 0 saturated carbocycles. The average Bonchev–Trinajstić information content (AvgIpc) is 3.40. The number of aliphatic hydroxyl groups excluding tert-OH is 2. The van der Waals surface area contributed by atoms with Crippen molar-refractivity contribution in [2.24, 2.45) is 0 Å². The van der Waals surface area contributed by atoms with Gasteiger partial charge in [-0.3, -0.25) is 9.59 Å². The lowest BCUT2D eigenvalue weighted by atomic mass is 10.0. The molecular formula is C68H133NO5. The number of nitrogens with one attached hydrogen (secondary N) is 1. The van der Waals surface area contributed by atoms with E-state index in [1.807, 2.05) is 0 Å². The second kappa shape index (κ2) is 64.1. The van der Waals surface area contributed by atoms with Crippen molar-refractivity contribution >= 4 is 11.9 Å². The van der Waals surface area contributed by atoms with E-state index >= 15 is 0 Å². The zero-order valence-electron chi connectivity index (χ0n) is 50.4. The maximum absolute atomic E-state index is 12.5. The van der Waals surface area contributed by atoms with Gasteiger partial charge >= 0.3 is 5.97 Å². The molecule has 0 aliphatic rings. The summed E-state index contributed by atoms with van der Waals surface area (Å²) in [6, 6.07) is -0.544. The Morgan fingerprint density at radius 1 is 0.365 bits per heavy atom. The standard InChI is InChI=1S/C68H133NO5/c1-3-5-7-9-11-13-15-17-19-21-24-28-32-36-40-44-48-52-56-60-66(71)65(64-70)69-67(72)61-57-53-49-45-41-37-33-29-26-23-27-31-35-39-43-47-51-55-59-63-74-68(73)62-58-54-50-46-42-38-34-30-25-22-20-18-16-14-12-10-8-6-4-2/h18,20,65-66,70-71H,3-17,19,21-64H2,1-2H3,(H,69,72)/b20-18-. The fourth-order valence-corrected chi connectivity index (χ4v) is 10.9. The number of allylic oxidation sites excluding steroid dienone is 2. The van der Waals surface area contributed by atoms with Gasteiger partial charge in [-0.2, -0.15) is 0 Å². The molecule has 0 aliphatic heterocycles. The van der Waals surface area contributed by atoms with E-state index in [0.717, 1.165) is 44.9 Å². The number of unbranched alkanes of at least 4 members (excludes halogenated alkanes) is 51. The van der Waals surface area contributed by atoms with Crippen LogP contribution < -0.4 is 5.32 Å². The number of hydrogen-bond donors (Lipinski definition) is 3. The van der Waals surface area contributed by atoms with Crippen LogP contribution in [0, 0.1) is 0 Å². The second-order valence-corrected chi connectivity index (χ2v) is 23.5. The largest absolute Gasteiger partial charge is 0.466 e. The molecule has 440 valence electrons. The van der Waals surface area contributed by atoms with E-state index in [1.165, 1.54) is 308 Å². The molecule has 0 aromatic carbocycles.